The first-order valence-corrected chi connectivity index (χ1v) is 12.7. The van der Waals surface area contributed by atoms with Gasteiger partial charge in [-0.3, -0.25) is 15.2 Å². The van der Waals surface area contributed by atoms with Gasteiger partial charge in [0.2, 0.25) is 0 Å². The van der Waals surface area contributed by atoms with Crippen molar-refractivity contribution in [2.75, 3.05) is 10.6 Å². The number of carbonyl (C=O) groups is 3. The largest absolute Gasteiger partial charge is 0.465 e. The zero-order valence-corrected chi connectivity index (χ0v) is 21.8. The third-order valence-electron chi connectivity index (χ3n) is 5.85. The van der Waals surface area contributed by atoms with Crippen LogP contribution in [0.15, 0.2) is 10.1 Å². The number of alkyl carbamates (subject to hydrolysis) is 1. The molecule has 2 aliphatic heterocycles. The number of hydrogen-bond donors (Lipinski definition) is 5. The second-order valence-electron chi connectivity index (χ2n) is 9.64. The highest BCUT2D eigenvalue weighted by molar-refractivity contribution is 9.11. The average molecular weight is 571 g/mol. The number of rotatable bonds is 6. The number of thiazole rings is 1. The van der Waals surface area contributed by atoms with Crippen LogP contribution in [0.5, 0.6) is 0 Å². The van der Waals surface area contributed by atoms with E-state index in [4.69, 9.17) is 14.6 Å². The zero-order chi connectivity index (χ0) is 25.4. The first-order valence-electron chi connectivity index (χ1n) is 11.1. The maximum atomic E-state index is 12.8. The van der Waals surface area contributed by atoms with Gasteiger partial charge in [-0.15, -0.1) is 0 Å². The quantitative estimate of drug-likeness (QED) is 0.345. The van der Waals surface area contributed by atoms with E-state index >= 15 is 0 Å². The van der Waals surface area contributed by atoms with E-state index in [2.05, 4.69) is 47.1 Å². The molecule has 5 N–H and O–H groups in total. The number of hydrogen-bond acceptors (Lipinski definition) is 8. The topological polar surface area (TPSA) is 168 Å². The van der Waals surface area contributed by atoms with Gasteiger partial charge in [-0.1, -0.05) is 11.3 Å². The smallest absolute Gasteiger partial charge is 0.409 e. The molecule has 0 aromatic carbocycles. The minimum Gasteiger partial charge on any atom is -0.465 e. The zero-order valence-electron chi connectivity index (χ0n) is 19.4. The highest BCUT2D eigenvalue weighted by Gasteiger charge is 2.48. The molecule has 2 aromatic rings. The van der Waals surface area contributed by atoms with Crippen LogP contribution in [-0.2, 0) is 15.9 Å². The fourth-order valence-electron chi connectivity index (χ4n) is 4.45. The number of nitrogens with zero attached hydrogens (tertiary/aromatic N) is 2. The molecule has 3 atom stereocenters. The van der Waals surface area contributed by atoms with Crippen LogP contribution in [0.3, 0.4) is 0 Å². The fraction of sp³-hybridized carbons (Fsp3) is 0.571. The number of aromatic nitrogens is 3. The number of halogens is 1. The van der Waals surface area contributed by atoms with E-state index in [0.29, 0.717) is 21.7 Å². The summed E-state index contributed by atoms with van der Waals surface area (Å²) in [5.41, 5.74) is 0.123. The van der Waals surface area contributed by atoms with Gasteiger partial charge >= 0.3 is 12.2 Å². The SMILES string of the molecule is CC(C)(C)OC(=O)NC1CCC2(Cc3[nH]ncc3NC(=O)c3nc(Br)sc3NC(=O)O)CCC1O2. The molecule has 0 radical (unpaired) electrons. The number of carboxylic acid groups (broad SMARTS) is 1. The van der Waals surface area contributed by atoms with Crippen LogP contribution in [-0.4, -0.2) is 61.7 Å². The Hall–Kier alpha value is -2.71. The van der Waals surface area contributed by atoms with E-state index in [1.54, 1.807) is 0 Å². The predicted octanol–water partition coefficient (Wildman–Crippen LogP) is 4.12. The number of fused-ring (bicyclic) bond motifs is 2. The van der Waals surface area contributed by atoms with Gasteiger partial charge in [-0.2, -0.15) is 5.10 Å². The van der Waals surface area contributed by atoms with Crippen LogP contribution in [0.25, 0.3) is 0 Å². The summed E-state index contributed by atoms with van der Waals surface area (Å²) in [6.45, 7) is 5.46. The summed E-state index contributed by atoms with van der Waals surface area (Å²) in [5.74, 6) is -0.564. The summed E-state index contributed by atoms with van der Waals surface area (Å²) >= 11 is 4.18. The van der Waals surface area contributed by atoms with Crippen molar-refractivity contribution in [2.24, 2.45) is 0 Å². The summed E-state index contributed by atoms with van der Waals surface area (Å²) in [7, 11) is 0. The van der Waals surface area contributed by atoms with Crippen molar-refractivity contribution in [1.82, 2.24) is 20.5 Å². The Balaban J connectivity index is 1.40. The second kappa shape index (κ2) is 9.74. The summed E-state index contributed by atoms with van der Waals surface area (Å²) in [6.07, 6.45) is 3.22. The lowest BCUT2D eigenvalue weighted by Gasteiger charge is -2.38. The molecule has 2 aliphatic rings. The van der Waals surface area contributed by atoms with Crippen LogP contribution < -0.4 is 16.0 Å². The molecule has 4 rings (SSSR count). The van der Waals surface area contributed by atoms with Gasteiger partial charge in [0.05, 0.1) is 35.3 Å². The van der Waals surface area contributed by atoms with E-state index in [9.17, 15) is 14.4 Å². The molecule has 3 amide bonds. The molecule has 0 saturated carbocycles. The summed E-state index contributed by atoms with van der Waals surface area (Å²) in [4.78, 5) is 40.1. The Labute approximate surface area is 213 Å². The van der Waals surface area contributed by atoms with Crippen molar-refractivity contribution >= 4 is 56.0 Å². The van der Waals surface area contributed by atoms with E-state index in [1.165, 1.54) is 6.20 Å². The Morgan fingerprint density at radius 2 is 2.06 bits per heavy atom. The van der Waals surface area contributed by atoms with Crippen molar-refractivity contribution in [3.05, 3.63) is 21.5 Å². The number of ether oxygens (including phenoxy) is 2. The van der Waals surface area contributed by atoms with Crippen molar-refractivity contribution in [3.8, 4) is 0 Å². The minimum absolute atomic E-state index is 0.0412. The van der Waals surface area contributed by atoms with Crippen LogP contribution in [0.1, 0.15) is 62.6 Å². The lowest BCUT2D eigenvalue weighted by Crippen LogP contribution is -2.50. The number of amides is 3. The molecule has 2 aromatic heterocycles. The first-order chi connectivity index (χ1) is 16.4. The third-order valence-corrected chi connectivity index (χ3v) is 7.27. The van der Waals surface area contributed by atoms with Crippen LogP contribution >= 0.6 is 27.3 Å². The lowest BCUT2D eigenvalue weighted by molar-refractivity contribution is -0.0913. The molecule has 2 fully saturated rings. The molecule has 3 unspecified atom stereocenters. The molecule has 2 saturated heterocycles. The van der Waals surface area contributed by atoms with Gasteiger partial charge in [0.25, 0.3) is 5.91 Å². The highest BCUT2D eigenvalue weighted by Crippen LogP contribution is 2.44. The Morgan fingerprint density at radius 1 is 1.31 bits per heavy atom. The standard InChI is InChI=1S/C21H27BrN6O6S/c1-20(2,3)34-19(32)25-10-4-6-21(7-5-13(10)33-21)8-11-12(9-23-28-11)24-15(29)14-16(27-18(30)31)35-17(22)26-14/h9-10,13,27H,4-8H2,1-3H3,(H,23,28)(H,24,29)(H,25,32)(H,30,31). The number of carbonyl (C=O) groups excluding carboxylic acids is 2. The number of H-pyrrole nitrogens is 1. The third kappa shape index (κ3) is 6.11. The van der Waals surface area contributed by atoms with E-state index < -0.39 is 29.3 Å². The van der Waals surface area contributed by atoms with E-state index in [-0.39, 0.29) is 22.8 Å². The van der Waals surface area contributed by atoms with Gasteiger partial charge in [0, 0.05) is 6.42 Å². The van der Waals surface area contributed by atoms with Gasteiger partial charge in [-0.05, 0) is 62.4 Å². The Bertz CT molecular complexity index is 1130. The highest BCUT2D eigenvalue weighted by atomic mass is 79.9. The van der Waals surface area contributed by atoms with Crippen LogP contribution in [0.4, 0.5) is 20.3 Å². The second-order valence-corrected chi connectivity index (χ2v) is 11.9. The number of aromatic amines is 1. The maximum Gasteiger partial charge on any atom is 0.409 e. The van der Waals surface area contributed by atoms with Crippen molar-refractivity contribution in [3.63, 3.8) is 0 Å². The molecule has 0 spiro atoms. The van der Waals surface area contributed by atoms with Crippen LogP contribution in [0.2, 0.25) is 0 Å². The van der Waals surface area contributed by atoms with E-state index in [1.807, 2.05) is 20.8 Å². The molecule has 0 aliphatic carbocycles. The molecule has 4 heterocycles. The van der Waals surface area contributed by atoms with Crippen LogP contribution in [0, 0.1) is 0 Å². The van der Waals surface area contributed by atoms with Crippen molar-refractivity contribution in [2.45, 2.75) is 76.2 Å². The summed E-state index contributed by atoms with van der Waals surface area (Å²) in [6, 6.07) is -0.121. The summed E-state index contributed by atoms with van der Waals surface area (Å²) in [5, 5.41) is 24.0. The molecule has 2 bridgehead atoms. The molecule has 12 nitrogen and oxygen atoms in total. The molecule has 35 heavy (non-hydrogen) atoms. The van der Waals surface area contributed by atoms with E-state index in [0.717, 1.165) is 37.0 Å². The lowest BCUT2D eigenvalue weighted by atomic mass is 9.88. The normalized spacial score (nSPS) is 23.5. The van der Waals surface area contributed by atoms with Crippen molar-refractivity contribution in [1.29, 1.82) is 0 Å². The van der Waals surface area contributed by atoms with Gasteiger partial charge < -0.3 is 25.2 Å². The maximum absolute atomic E-state index is 12.8. The number of anilines is 2. The average Bonchev–Trinajstić information content (AvgIpc) is 3.41. The monoisotopic (exact) mass is 570 g/mol. The van der Waals surface area contributed by atoms with Gasteiger partial charge in [-0.25, -0.2) is 14.6 Å². The molecule has 190 valence electrons. The first kappa shape index (κ1) is 25.4. The van der Waals surface area contributed by atoms with Crippen molar-refractivity contribution < 1.29 is 29.0 Å². The minimum atomic E-state index is -1.29. The predicted molar refractivity (Wildman–Crippen MR) is 131 cm³/mol. The number of nitrogens with one attached hydrogen (secondary N) is 4. The summed E-state index contributed by atoms with van der Waals surface area (Å²) < 4.78 is 12.1. The fourth-order valence-corrected chi connectivity index (χ4v) is 5.79. The Kier molecular flexibility index (Phi) is 7.06. The van der Waals surface area contributed by atoms with Gasteiger partial charge in [0.1, 0.15) is 10.6 Å². The molecular formula is C21H27BrN6O6S. The molecular weight excluding hydrogens is 544 g/mol. The van der Waals surface area contributed by atoms with Gasteiger partial charge in [0.15, 0.2) is 9.61 Å². The molecule has 14 heteroatoms. The Morgan fingerprint density at radius 3 is 2.77 bits per heavy atom.